The maximum Gasteiger partial charge on any atom is 0.266 e. The summed E-state index contributed by atoms with van der Waals surface area (Å²) in [5.74, 6) is -0.896. The highest BCUT2D eigenvalue weighted by Crippen LogP contribution is 2.24. The zero-order valence-electron chi connectivity index (χ0n) is 20.2. The van der Waals surface area contributed by atoms with E-state index in [1.165, 1.54) is 18.3 Å². The second-order valence-electron chi connectivity index (χ2n) is 8.62. The molecule has 1 aromatic heterocycles. The number of nitrogens with one attached hydrogen (secondary N) is 2. The average molecular weight is 520 g/mol. The third-order valence-electron chi connectivity index (χ3n) is 5.89. The Bertz CT molecular complexity index is 1220. The van der Waals surface area contributed by atoms with Crippen molar-refractivity contribution in [2.75, 3.05) is 24.2 Å². The number of aromatic nitrogens is 1. The molecule has 0 bridgehead atoms. The molecule has 3 rings (SSSR count). The van der Waals surface area contributed by atoms with Crippen LogP contribution in [0, 0.1) is 17.6 Å². The van der Waals surface area contributed by atoms with Crippen molar-refractivity contribution in [3.63, 3.8) is 0 Å². The van der Waals surface area contributed by atoms with E-state index in [-0.39, 0.29) is 23.9 Å². The molecule has 0 aliphatic heterocycles. The molecule has 3 N–H and O–H groups in total. The molecule has 1 heterocycles. The highest BCUT2D eigenvalue weighted by molar-refractivity contribution is 7.85. The van der Waals surface area contributed by atoms with Gasteiger partial charge in [-0.2, -0.15) is 8.42 Å². The largest absolute Gasteiger partial charge is 0.475 e. The van der Waals surface area contributed by atoms with Crippen molar-refractivity contribution in [1.82, 2.24) is 10.3 Å². The molecule has 7 nitrogen and oxygen atoms in total. The Kier molecular flexibility index (Phi) is 9.74. The highest BCUT2D eigenvalue weighted by atomic mass is 32.2. The molecule has 0 spiro atoms. The molecule has 0 saturated carbocycles. The quantitative estimate of drug-likeness (QED) is 0.218. The Morgan fingerprint density at radius 2 is 1.83 bits per heavy atom. The Balaban J connectivity index is 1.56. The SMILES string of the molecule is CC[C@H](C)[C@@H](COc1ccc(-c2ccc(F)cc2F)cn1)Nc1ccc(CNCCS(=O)(=O)O)cc1. The Labute approximate surface area is 210 Å². The van der Waals surface area contributed by atoms with E-state index in [0.29, 0.717) is 30.5 Å². The molecule has 0 fully saturated rings. The van der Waals surface area contributed by atoms with Gasteiger partial charge in [-0.05, 0) is 41.8 Å². The molecule has 0 aliphatic carbocycles. The van der Waals surface area contributed by atoms with Crippen LogP contribution in [0.1, 0.15) is 25.8 Å². The van der Waals surface area contributed by atoms with Crippen molar-refractivity contribution >= 4 is 15.8 Å². The van der Waals surface area contributed by atoms with Crippen molar-refractivity contribution in [1.29, 1.82) is 0 Å². The van der Waals surface area contributed by atoms with Crippen molar-refractivity contribution in [2.24, 2.45) is 5.92 Å². The Hall–Kier alpha value is -3.08. The van der Waals surface area contributed by atoms with Crippen LogP contribution >= 0.6 is 0 Å². The summed E-state index contributed by atoms with van der Waals surface area (Å²) in [6.45, 7) is 5.25. The van der Waals surface area contributed by atoms with Crippen LogP contribution in [0.25, 0.3) is 11.1 Å². The second kappa shape index (κ2) is 12.8. The molecule has 10 heteroatoms. The number of halogens is 2. The van der Waals surface area contributed by atoms with Crippen LogP contribution in [-0.2, 0) is 16.7 Å². The first kappa shape index (κ1) is 27.5. The highest BCUT2D eigenvalue weighted by Gasteiger charge is 2.17. The van der Waals surface area contributed by atoms with E-state index in [0.717, 1.165) is 23.7 Å². The van der Waals surface area contributed by atoms with E-state index in [9.17, 15) is 17.2 Å². The van der Waals surface area contributed by atoms with E-state index in [1.54, 1.807) is 12.1 Å². The molecule has 0 saturated heterocycles. The van der Waals surface area contributed by atoms with Gasteiger partial charge < -0.3 is 15.4 Å². The molecule has 3 aromatic rings. The van der Waals surface area contributed by atoms with Crippen LogP contribution in [0.4, 0.5) is 14.5 Å². The first-order valence-corrected chi connectivity index (χ1v) is 13.3. The third-order valence-corrected chi connectivity index (χ3v) is 6.61. The predicted molar refractivity (Wildman–Crippen MR) is 137 cm³/mol. The maximum atomic E-state index is 14.0. The number of hydrogen-bond acceptors (Lipinski definition) is 6. The van der Waals surface area contributed by atoms with Crippen molar-refractivity contribution < 1.29 is 26.5 Å². The van der Waals surface area contributed by atoms with Gasteiger partial charge in [0.15, 0.2) is 0 Å². The van der Waals surface area contributed by atoms with E-state index >= 15 is 0 Å². The number of benzene rings is 2. The first-order valence-electron chi connectivity index (χ1n) is 11.7. The monoisotopic (exact) mass is 519 g/mol. The number of anilines is 1. The lowest BCUT2D eigenvalue weighted by Gasteiger charge is -2.25. The fraction of sp³-hybridized carbons (Fsp3) is 0.346. The van der Waals surface area contributed by atoms with Crippen LogP contribution in [0.5, 0.6) is 5.88 Å². The van der Waals surface area contributed by atoms with Crippen molar-refractivity contribution in [2.45, 2.75) is 32.9 Å². The lowest BCUT2D eigenvalue weighted by atomic mass is 9.99. The average Bonchev–Trinajstić information content (AvgIpc) is 2.84. The van der Waals surface area contributed by atoms with Gasteiger partial charge in [0.2, 0.25) is 5.88 Å². The lowest BCUT2D eigenvalue weighted by Crippen LogP contribution is -2.33. The molecular weight excluding hydrogens is 488 g/mol. The fourth-order valence-corrected chi connectivity index (χ4v) is 3.93. The van der Waals surface area contributed by atoms with E-state index < -0.39 is 21.8 Å². The van der Waals surface area contributed by atoms with E-state index in [1.807, 2.05) is 24.3 Å². The number of ether oxygens (including phenoxy) is 1. The van der Waals surface area contributed by atoms with Crippen LogP contribution in [0.3, 0.4) is 0 Å². The van der Waals surface area contributed by atoms with Gasteiger partial charge in [0.05, 0.1) is 11.8 Å². The zero-order chi connectivity index (χ0) is 26.1. The minimum atomic E-state index is -3.97. The summed E-state index contributed by atoms with van der Waals surface area (Å²) in [4.78, 5) is 4.27. The molecule has 0 aliphatic rings. The molecule has 2 aromatic carbocycles. The van der Waals surface area contributed by atoms with Gasteiger partial charge in [-0.1, -0.05) is 32.4 Å². The van der Waals surface area contributed by atoms with Gasteiger partial charge >= 0.3 is 0 Å². The summed E-state index contributed by atoms with van der Waals surface area (Å²) in [6.07, 6.45) is 2.44. The van der Waals surface area contributed by atoms with Gasteiger partial charge in [0.25, 0.3) is 10.1 Å². The fourth-order valence-electron chi connectivity index (χ4n) is 3.52. The van der Waals surface area contributed by atoms with Crippen LogP contribution in [0.15, 0.2) is 60.8 Å². The number of pyridine rings is 1. The maximum absolute atomic E-state index is 14.0. The lowest BCUT2D eigenvalue weighted by molar-refractivity contribution is 0.253. The summed E-state index contributed by atoms with van der Waals surface area (Å²) in [7, 11) is -3.97. The molecule has 0 unspecified atom stereocenters. The smallest absolute Gasteiger partial charge is 0.266 e. The Morgan fingerprint density at radius 1 is 1.08 bits per heavy atom. The van der Waals surface area contributed by atoms with Crippen LogP contribution in [-0.4, -0.2) is 42.9 Å². The summed E-state index contributed by atoms with van der Waals surface area (Å²) in [6, 6.07) is 14.5. The normalized spacial score (nSPS) is 13.2. The van der Waals surface area contributed by atoms with Crippen LogP contribution < -0.4 is 15.4 Å². The van der Waals surface area contributed by atoms with Crippen molar-refractivity contribution in [3.05, 3.63) is 78.0 Å². The third kappa shape index (κ3) is 8.54. The van der Waals surface area contributed by atoms with Gasteiger partial charge in [0.1, 0.15) is 18.2 Å². The topological polar surface area (TPSA) is 101 Å². The minimum Gasteiger partial charge on any atom is -0.475 e. The summed E-state index contributed by atoms with van der Waals surface area (Å²) < 4.78 is 63.4. The van der Waals surface area contributed by atoms with Gasteiger partial charge in [-0.15, -0.1) is 0 Å². The van der Waals surface area contributed by atoms with Crippen molar-refractivity contribution in [3.8, 4) is 17.0 Å². The molecule has 2 atom stereocenters. The van der Waals surface area contributed by atoms with Gasteiger partial charge in [-0.3, -0.25) is 4.55 Å². The van der Waals surface area contributed by atoms with E-state index in [2.05, 4.69) is 29.5 Å². The van der Waals surface area contributed by atoms with Gasteiger partial charge in [0, 0.05) is 48.2 Å². The van der Waals surface area contributed by atoms with E-state index in [4.69, 9.17) is 9.29 Å². The number of rotatable bonds is 13. The second-order valence-corrected chi connectivity index (χ2v) is 10.2. The Morgan fingerprint density at radius 3 is 2.44 bits per heavy atom. The number of nitrogens with zero attached hydrogens (tertiary/aromatic N) is 1. The molecule has 36 heavy (non-hydrogen) atoms. The van der Waals surface area contributed by atoms with Crippen LogP contribution in [0.2, 0.25) is 0 Å². The summed E-state index contributed by atoms with van der Waals surface area (Å²) in [5.41, 5.74) is 2.70. The van der Waals surface area contributed by atoms with Gasteiger partial charge in [-0.25, -0.2) is 13.8 Å². The first-order chi connectivity index (χ1) is 17.1. The molecule has 0 amide bonds. The zero-order valence-corrected chi connectivity index (χ0v) is 21.1. The summed E-state index contributed by atoms with van der Waals surface area (Å²) in [5, 5.41) is 6.47. The number of hydrogen-bond donors (Lipinski definition) is 3. The molecular formula is C26H31F2N3O4S. The predicted octanol–water partition coefficient (Wildman–Crippen LogP) is 4.91. The minimum absolute atomic E-state index is 0.00440. The molecule has 194 valence electrons. The summed E-state index contributed by atoms with van der Waals surface area (Å²) >= 11 is 0. The standard InChI is InChI=1S/C26H31F2N3O4S/c1-3-18(2)25(31-22-8-4-19(5-9-22)15-29-12-13-36(32,33)34)17-35-26-11-6-20(16-30-26)23-10-7-21(27)14-24(23)28/h4-11,14,16,18,25,29,31H,3,12-13,15,17H2,1-2H3,(H,32,33,34)/t18-,25+/m0/s1. The molecule has 0 radical (unpaired) electrons.